The predicted molar refractivity (Wildman–Crippen MR) is 118 cm³/mol. The van der Waals surface area contributed by atoms with Gasteiger partial charge in [-0.2, -0.15) is 0 Å². The number of nitrogens with zero attached hydrogens (tertiary/aromatic N) is 2. The minimum absolute atomic E-state index is 0. The molecule has 1 unspecified atom stereocenters. The zero-order chi connectivity index (χ0) is 19.3. The van der Waals surface area contributed by atoms with Gasteiger partial charge in [-0.1, -0.05) is 27.7 Å². The van der Waals surface area contributed by atoms with Crippen LogP contribution in [0.3, 0.4) is 0 Å². The average Bonchev–Trinajstić information content (AvgIpc) is 2.96. The molecule has 26 heavy (non-hydrogen) atoms. The molecule has 1 aliphatic rings. The smallest absolute Gasteiger partial charge is 0.225 e. The number of carbonyl (C=O) groups excluding carboxylic acids is 1. The third-order valence-electron chi connectivity index (χ3n) is 4.44. The Morgan fingerprint density at radius 2 is 1.96 bits per heavy atom. The van der Waals surface area contributed by atoms with Crippen molar-refractivity contribution in [1.82, 2.24) is 15.5 Å². The number of carbonyl (C=O) groups is 1. The third kappa shape index (κ3) is 9.38. The monoisotopic (exact) mass is 502 g/mol. The molecule has 0 radical (unpaired) electrons. The summed E-state index contributed by atoms with van der Waals surface area (Å²) in [6.07, 6.45) is 2.76. The fraction of sp³-hybridized carbons (Fsp3) is 0.882. The molecule has 9 heteroatoms. The Bertz CT molecular complexity index is 591. The zero-order valence-electron chi connectivity index (χ0n) is 16.8. The fourth-order valence-electron chi connectivity index (χ4n) is 2.70. The molecule has 1 aliphatic heterocycles. The summed E-state index contributed by atoms with van der Waals surface area (Å²) in [4.78, 5) is 18.2. The first kappa shape index (κ1) is 25.4. The van der Waals surface area contributed by atoms with Crippen molar-refractivity contribution in [2.24, 2.45) is 16.3 Å². The van der Waals surface area contributed by atoms with Gasteiger partial charge in [0.2, 0.25) is 5.91 Å². The molecule has 154 valence electrons. The molecule has 1 heterocycles. The summed E-state index contributed by atoms with van der Waals surface area (Å²) in [5.74, 6) is 1.08. The van der Waals surface area contributed by atoms with E-state index < -0.39 is 9.84 Å². The van der Waals surface area contributed by atoms with Crippen LogP contribution in [0.5, 0.6) is 0 Å². The number of hydrogen-bond donors (Lipinski definition) is 2. The van der Waals surface area contributed by atoms with Crippen LogP contribution in [0.15, 0.2) is 4.99 Å². The molecule has 0 spiro atoms. The lowest BCUT2D eigenvalue weighted by atomic mass is 9.90. The Labute approximate surface area is 175 Å². The second-order valence-corrected chi connectivity index (χ2v) is 10.3. The van der Waals surface area contributed by atoms with E-state index in [2.05, 4.69) is 15.6 Å². The molecular formula is C17H35IN4O3S. The summed E-state index contributed by atoms with van der Waals surface area (Å²) in [6.45, 7) is 10.0. The molecular weight excluding hydrogens is 467 g/mol. The summed E-state index contributed by atoms with van der Waals surface area (Å²) in [6, 6.07) is 0.188. The van der Waals surface area contributed by atoms with Crippen LogP contribution in [0, 0.1) is 11.3 Å². The van der Waals surface area contributed by atoms with Gasteiger partial charge >= 0.3 is 0 Å². The highest BCUT2D eigenvalue weighted by Gasteiger charge is 2.28. The molecule has 0 aromatic rings. The van der Waals surface area contributed by atoms with E-state index in [0.29, 0.717) is 25.5 Å². The van der Waals surface area contributed by atoms with Gasteiger partial charge in [-0.05, 0) is 18.3 Å². The van der Waals surface area contributed by atoms with Crippen molar-refractivity contribution in [2.45, 2.75) is 46.6 Å². The van der Waals surface area contributed by atoms with Gasteiger partial charge in [-0.3, -0.25) is 9.79 Å². The summed E-state index contributed by atoms with van der Waals surface area (Å²) < 4.78 is 22.7. The second-order valence-electron chi connectivity index (χ2n) is 8.04. The van der Waals surface area contributed by atoms with E-state index in [9.17, 15) is 13.2 Å². The molecule has 0 aliphatic carbocycles. The van der Waals surface area contributed by atoms with Crippen molar-refractivity contribution < 1.29 is 13.2 Å². The van der Waals surface area contributed by atoms with Crippen molar-refractivity contribution in [3.05, 3.63) is 0 Å². The van der Waals surface area contributed by atoms with Gasteiger partial charge in [-0.25, -0.2) is 8.42 Å². The topological polar surface area (TPSA) is 90.9 Å². The fourth-order valence-corrected chi connectivity index (χ4v) is 3.63. The second kappa shape index (κ2) is 10.7. The standard InChI is InChI=1S/C17H34N4O3S.HI/c1-13(2)15(22)21-9-7-14(11-21)20-16(18-5)19-12-17(3,4)8-10-25(6,23)24;/h13-14H,7-12H2,1-6H3,(H2,18,19,20);1H. The van der Waals surface area contributed by atoms with Crippen molar-refractivity contribution in [3.63, 3.8) is 0 Å². The van der Waals surface area contributed by atoms with Crippen LogP contribution in [-0.4, -0.2) is 69.9 Å². The maximum absolute atomic E-state index is 12.1. The molecule has 0 aromatic carbocycles. The van der Waals surface area contributed by atoms with Gasteiger partial charge < -0.3 is 15.5 Å². The highest BCUT2D eigenvalue weighted by Crippen LogP contribution is 2.20. The van der Waals surface area contributed by atoms with Crippen molar-refractivity contribution in [3.8, 4) is 0 Å². The molecule has 0 bridgehead atoms. The largest absolute Gasteiger partial charge is 0.356 e. The van der Waals surface area contributed by atoms with Crippen LogP contribution in [0.25, 0.3) is 0 Å². The summed E-state index contributed by atoms with van der Waals surface area (Å²) in [5.41, 5.74) is -0.157. The molecule has 0 saturated carbocycles. The first-order valence-electron chi connectivity index (χ1n) is 8.87. The van der Waals surface area contributed by atoms with E-state index in [0.717, 1.165) is 13.0 Å². The van der Waals surface area contributed by atoms with Crippen LogP contribution >= 0.6 is 24.0 Å². The molecule has 2 N–H and O–H groups in total. The minimum Gasteiger partial charge on any atom is -0.356 e. The lowest BCUT2D eigenvalue weighted by Gasteiger charge is -2.27. The van der Waals surface area contributed by atoms with Gasteiger partial charge in [0, 0.05) is 44.9 Å². The predicted octanol–water partition coefficient (Wildman–Crippen LogP) is 1.49. The van der Waals surface area contributed by atoms with Gasteiger partial charge in [0.25, 0.3) is 0 Å². The number of likely N-dealkylation sites (tertiary alicyclic amines) is 1. The third-order valence-corrected chi connectivity index (χ3v) is 5.39. The molecule has 7 nitrogen and oxygen atoms in total. The first-order chi connectivity index (χ1) is 11.4. The summed E-state index contributed by atoms with van der Waals surface area (Å²) in [7, 11) is -1.24. The number of hydrogen-bond acceptors (Lipinski definition) is 4. The number of amides is 1. The SMILES string of the molecule is CN=C(NCC(C)(C)CCS(C)(=O)=O)NC1CCN(C(=O)C(C)C)C1.I. The van der Waals surface area contributed by atoms with Crippen molar-refractivity contribution >= 4 is 45.7 Å². The molecule has 1 amide bonds. The number of sulfone groups is 1. The Morgan fingerprint density at radius 1 is 1.35 bits per heavy atom. The van der Waals surface area contributed by atoms with Crippen LogP contribution < -0.4 is 10.6 Å². The number of aliphatic imine (C=N–C) groups is 1. The highest BCUT2D eigenvalue weighted by molar-refractivity contribution is 14.0. The number of rotatable bonds is 7. The lowest BCUT2D eigenvalue weighted by Crippen LogP contribution is -2.47. The first-order valence-corrected chi connectivity index (χ1v) is 10.9. The van der Waals surface area contributed by atoms with Crippen LogP contribution in [0.4, 0.5) is 0 Å². The highest BCUT2D eigenvalue weighted by atomic mass is 127. The molecule has 0 aromatic heterocycles. The van der Waals surface area contributed by atoms with E-state index in [1.807, 2.05) is 32.6 Å². The lowest BCUT2D eigenvalue weighted by molar-refractivity contribution is -0.133. The Morgan fingerprint density at radius 3 is 2.46 bits per heavy atom. The molecule has 1 saturated heterocycles. The Kier molecular flexibility index (Phi) is 10.4. The minimum atomic E-state index is -2.95. The Hall–Kier alpha value is -0.580. The average molecular weight is 502 g/mol. The quantitative estimate of drug-likeness (QED) is 0.313. The van der Waals surface area contributed by atoms with Gasteiger partial charge in [-0.15, -0.1) is 24.0 Å². The summed E-state index contributed by atoms with van der Waals surface area (Å²) in [5, 5.41) is 6.64. The van der Waals surface area contributed by atoms with Crippen molar-refractivity contribution in [1.29, 1.82) is 0 Å². The molecule has 1 atom stereocenters. The zero-order valence-corrected chi connectivity index (χ0v) is 20.0. The number of guanidine groups is 1. The normalized spacial score (nSPS) is 18.7. The van der Waals surface area contributed by atoms with E-state index in [1.54, 1.807) is 7.05 Å². The van der Waals surface area contributed by atoms with Gasteiger partial charge in [0.05, 0.1) is 5.75 Å². The number of nitrogens with one attached hydrogen (secondary N) is 2. The van der Waals surface area contributed by atoms with Gasteiger partial charge in [0.15, 0.2) is 5.96 Å². The van der Waals surface area contributed by atoms with Crippen LogP contribution in [-0.2, 0) is 14.6 Å². The molecule has 1 rings (SSSR count). The van der Waals surface area contributed by atoms with E-state index >= 15 is 0 Å². The number of halogens is 1. The van der Waals surface area contributed by atoms with Crippen molar-refractivity contribution in [2.75, 3.05) is 38.7 Å². The maximum Gasteiger partial charge on any atom is 0.225 e. The van der Waals surface area contributed by atoms with Crippen LogP contribution in [0.2, 0.25) is 0 Å². The van der Waals surface area contributed by atoms with Gasteiger partial charge in [0.1, 0.15) is 9.84 Å². The summed E-state index contributed by atoms with van der Waals surface area (Å²) >= 11 is 0. The van der Waals surface area contributed by atoms with E-state index in [1.165, 1.54) is 6.26 Å². The van der Waals surface area contributed by atoms with E-state index in [-0.39, 0.29) is 53.0 Å². The Balaban J connectivity index is 0.00000625. The van der Waals surface area contributed by atoms with Crippen LogP contribution in [0.1, 0.15) is 40.5 Å². The molecule has 1 fully saturated rings. The maximum atomic E-state index is 12.1. The van der Waals surface area contributed by atoms with E-state index in [4.69, 9.17) is 0 Å².